The molecule has 0 aromatic rings. The Morgan fingerprint density at radius 3 is 1.75 bits per heavy atom. The van der Waals surface area contributed by atoms with Crippen molar-refractivity contribution >= 4 is 18.2 Å². The van der Waals surface area contributed by atoms with Crippen LogP contribution in [0.1, 0.15) is 68.2 Å². The van der Waals surface area contributed by atoms with Gasteiger partial charge in [0.15, 0.2) is 0 Å². The summed E-state index contributed by atoms with van der Waals surface area (Å²) in [6.07, 6.45) is 2.92. The van der Waals surface area contributed by atoms with Crippen LogP contribution in [-0.4, -0.2) is 53.5 Å². The van der Waals surface area contributed by atoms with E-state index >= 15 is 0 Å². The SMILES string of the molecule is CCC(CC)O/C=C/COC(=O)CN(C(=O)OC(C)(C)C)C(=O)OC(C)(C)C. The number of carbonyl (C=O) groups is 3. The van der Waals surface area contributed by atoms with Crippen LogP contribution in [0.5, 0.6) is 0 Å². The van der Waals surface area contributed by atoms with Gasteiger partial charge in [0.2, 0.25) is 0 Å². The zero-order valence-electron chi connectivity index (χ0n) is 18.4. The van der Waals surface area contributed by atoms with E-state index in [0.29, 0.717) is 4.90 Å². The van der Waals surface area contributed by atoms with E-state index in [4.69, 9.17) is 18.9 Å². The van der Waals surface area contributed by atoms with Gasteiger partial charge >= 0.3 is 18.2 Å². The molecule has 0 unspecified atom stereocenters. The van der Waals surface area contributed by atoms with Crippen LogP contribution in [0.4, 0.5) is 9.59 Å². The van der Waals surface area contributed by atoms with Crippen LogP contribution in [0.3, 0.4) is 0 Å². The maximum Gasteiger partial charge on any atom is 0.420 e. The molecule has 0 heterocycles. The molecule has 0 rings (SSSR count). The van der Waals surface area contributed by atoms with Crippen molar-refractivity contribution in [1.82, 2.24) is 4.90 Å². The van der Waals surface area contributed by atoms with E-state index in [1.165, 1.54) is 6.26 Å². The van der Waals surface area contributed by atoms with E-state index < -0.39 is 35.9 Å². The van der Waals surface area contributed by atoms with Crippen LogP contribution in [0, 0.1) is 0 Å². The zero-order valence-corrected chi connectivity index (χ0v) is 18.4. The molecule has 0 aliphatic heterocycles. The summed E-state index contributed by atoms with van der Waals surface area (Å²) in [5, 5.41) is 0. The third kappa shape index (κ3) is 12.2. The van der Waals surface area contributed by atoms with Crippen LogP contribution >= 0.6 is 0 Å². The smallest absolute Gasteiger partial charge is 0.420 e. The molecule has 28 heavy (non-hydrogen) atoms. The molecule has 0 fully saturated rings. The van der Waals surface area contributed by atoms with Crippen molar-refractivity contribution in [3.8, 4) is 0 Å². The molecule has 0 bridgehead atoms. The van der Waals surface area contributed by atoms with Gasteiger partial charge in [-0.1, -0.05) is 13.8 Å². The summed E-state index contributed by atoms with van der Waals surface area (Å²) in [5.74, 6) is -0.774. The lowest BCUT2D eigenvalue weighted by Gasteiger charge is -2.28. The van der Waals surface area contributed by atoms with Crippen LogP contribution in [0.2, 0.25) is 0 Å². The van der Waals surface area contributed by atoms with Gasteiger partial charge in [0.25, 0.3) is 0 Å². The number of imide groups is 1. The van der Waals surface area contributed by atoms with Gasteiger partial charge in [0.1, 0.15) is 24.4 Å². The average Bonchev–Trinajstić information content (AvgIpc) is 2.52. The van der Waals surface area contributed by atoms with Gasteiger partial charge in [0.05, 0.1) is 12.4 Å². The Labute approximate surface area is 168 Å². The molecule has 0 aliphatic carbocycles. The molecule has 0 aromatic carbocycles. The molecule has 0 aromatic heterocycles. The fourth-order valence-corrected chi connectivity index (χ4v) is 1.84. The van der Waals surface area contributed by atoms with Crippen molar-refractivity contribution in [2.45, 2.75) is 85.5 Å². The highest BCUT2D eigenvalue weighted by Crippen LogP contribution is 2.14. The van der Waals surface area contributed by atoms with Crippen molar-refractivity contribution in [3.05, 3.63) is 12.3 Å². The predicted octanol–water partition coefficient (Wildman–Crippen LogP) is 4.42. The first-order valence-corrected chi connectivity index (χ1v) is 9.48. The normalized spacial score (nSPS) is 12.0. The monoisotopic (exact) mass is 401 g/mol. The second-order valence-electron chi connectivity index (χ2n) is 8.18. The second kappa shape index (κ2) is 11.6. The highest BCUT2D eigenvalue weighted by atomic mass is 16.6. The second-order valence-corrected chi connectivity index (χ2v) is 8.18. The number of nitrogens with zero attached hydrogens (tertiary/aromatic N) is 1. The van der Waals surface area contributed by atoms with Gasteiger partial charge in [-0.15, -0.1) is 0 Å². The van der Waals surface area contributed by atoms with Gasteiger partial charge in [-0.05, 0) is 60.5 Å². The number of rotatable bonds is 8. The molecule has 8 nitrogen and oxygen atoms in total. The standard InChI is InChI=1S/C20H35NO7/c1-9-15(10-2)25-12-11-13-26-16(22)14-21(17(23)27-19(3,4)5)18(24)28-20(6,7)8/h11-12,15H,9-10,13-14H2,1-8H3/b12-11+. The summed E-state index contributed by atoms with van der Waals surface area (Å²) < 4.78 is 20.8. The number of amides is 2. The molecular weight excluding hydrogens is 366 g/mol. The minimum atomic E-state index is -0.980. The summed E-state index contributed by atoms with van der Waals surface area (Å²) in [6.45, 7) is 13.3. The van der Waals surface area contributed by atoms with Gasteiger partial charge in [-0.2, -0.15) is 0 Å². The number of hydrogen-bond acceptors (Lipinski definition) is 7. The Hall–Kier alpha value is -2.25. The minimum Gasteiger partial charge on any atom is -0.498 e. The topological polar surface area (TPSA) is 91.4 Å². The quantitative estimate of drug-likeness (QED) is 0.338. The number of carbonyl (C=O) groups excluding carboxylic acids is 3. The highest BCUT2D eigenvalue weighted by molar-refractivity contribution is 5.92. The molecule has 0 radical (unpaired) electrons. The first kappa shape index (κ1) is 25.8. The molecule has 0 spiro atoms. The Kier molecular flexibility index (Phi) is 10.6. The first-order valence-electron chi connectivity index (χ1n) is 9.48. The third-order valence-corrected chi connectivity index (χ3v) is 3.13. The summed E-state index contributed by atoms with van der Waals surface area (Å²) in [5.41, 5.74) is -1.67. The lowest BCUT2D eigenvalue weighted by Crippen LogP contribution is -2.46. The average molecular weight is 402 g/mol. The molecule has 0 saturated heterocycles. The summed E-state index contributed by atoms with van der Waals surface area (Å²) in [7, 11) is 0. The molecule has 2 amide bonds. The summed E-state index contributed by atoms with van der Waals surface area (Å²) >= 11 is 0. The fourth-order valence-electron chi connectivity index (χ4n) is 1.84. The molecule has 0 atom stereocenters. The predicted molar refractivity (Wildman–Crippen MR) is 105 cm³/mol. The maximum atomic E-state index is 12.3. The van der Waals surface area contributed by atoms with Gasteiger partial charge in [-0.25, -0.2) is 14.5 Å². The van der Waals surface area contributed by atoms with Crippen LogP contribution in [0.25, 0.3) is 0 Å². The maximum absolute atomic E-state index is 12.3. The van der Waals surface area contributed by atoms with Gasteiger partial charge < -0.3 is 18.9 Å². The fraction of sp³-hybridized carbons (Fsp3) is 0.750. The summed E-state index contributed by atoms with van der Waals surface area (Å²) in [6, 6.07) is 0. The first-order chi connectivity index (χ1) is 12.8. The lowest BCUT2D eigenvalue weighted by molar-refractivity contribution is -0.143. The van der Waals surface area contributed by atoms with E-state index in [0.717, 1.165) is 12.8 Å². The molecule has 0 N–H and O–H groups in total. The molecule has 0 saturated carbocycles. The van der Waals surface area contributed by atoms with E-state index in [1.54, 1.807) is 47.6 Å². The largest absolute Gasteiger partial charge is 0.498 e. The molecule has 162 valence electrons. The third-order valence-electron chi connectivity index (χ3n) is 3.13. The van der Waals surface area contributed by atoms with E-state index in [-0.39, 0.29) is 12.7 Å². The Balaban J connectivity index is 4.84. The molecule has 0 aliphatic rings. The van der Waals surface area contributed by atoms with Gasteiger partial charge in [-0.3, -0.25) is 4.79 Å². The van der Waals surface area contributed by atoms with Crippen LogP contribution in [0.15, 0.2) is 12.3 Å². The van der Waals surface area contributed by atoms with Crippen molar-refractivity contribution in [1.29, 1.82) is 0 Å². The Morgan fingerprint density at radius 1 is 0.893 bits per heavy atom. The van der Waals surface area contributed by atoms with Crippen molar-refractivity contribution in [2.24, 2.45) is 0 Å². The lowest BCUT2D eigenvalue weighted by atomic mass is 10.2. The minimum absolute atomic E-state index is 0.0462. The van der Waals surface area contributed by atoms with Crippen LogP contribution < -0.4 is 0 Å². The van der Waals surface area contributed by atoms with Crippen LogP contribution in [-0.2, 0) is 23.7 Å². The van der Waals surface area contributed by atoms with Crippen molar-refractivity contribution in [2.75, 3.05) is 13.2 Å². The highest BCUT2D eigenvalue weighted by Gasteiger charge is 2.33. The summed E-state index contributed by atoms with van der Waals surface area (Å²) in [4.78, 5) is 37.2. The van der Waals surface area contributed by atoms with Gasteiger partial charge in [0, 0.05) is 0 Å². The zero-order chi connectivity index (χ0) is 22.0. The van der Waals surface area contributed by atoms with E-state index in [2.05, 4.69) is 0 Å². The number of hydrogen-bond donors (Lipinski definition) is 0. The molecule has 8 heteroatoms. The van der Waals surface area contributed by atoms with Crippen molar-refractivity contribution in [3.63, 3.8) is 0 Å². The number of ether oxygens (including phenoxy) is 4. The van der Waals surface area contributed by atoms with Crippen molar-refractivity contribution < 1.29 is 33.3 Å². The Bertz CT molecular complexity index is 512. The van der Waals surface area contributed by atoms with E-state index in [1.807, 2.05) is 13.8 Å². The van der Waals surface area contributed by atoms with E-state index in [9.17, 15) is 14.4 Å². The number of esters is 1. The molecular formula is C20H35NO7. The Morgan fingerprint density at radius 2 is 1.36 bits per heavy atom.